The topological polar surface area (TPSA) is 3.24 Å². The molecule has 0 aromatic rings. The predicted octanol–water partition coefficient (Wildman–Crippen LogP) is 1.61. The standard InChI is InChI=1S/C5H9NS2.HI/c1-6-2-3-8-5(6)4-7;/h4-5H,2-3H2,1H3;1H. The Kier molecular flexibility index (Phi) is 5.48. The van der Waals surface area contributed by atoms with Gasteiger partial charge in [0.15, 0.2) is 0 Å². The number of hydrogen-bond donors (Lipinski definition) is 0. The summed E-state index contributed by atoms with van der Waals surface area (Å²) >= 11 is 6.72. The second-order valence-corrected chi connectivity index (χ2v) is 3.37. The average Bonchev–Trinajstić information content (AvgIpc) is 2.14. The van der Waals surface area contributed by atoms with Crippen molar-refractivity contribution in [2.24, 2.45) is 0 Å². The molecule has 54 valence electrons. The summed E-state index contributed by atoms with van der Waals surface area (Å²) in [5.74, 6) is 1.23. The van der Waals surface area contributed by atoms with E-state index in [1.165, 1.54) is 12.3 Å². The Morgan fingerprint density at radius 3 is 2.67 bits per heavy atom. The van der Waals surface area contributed by atoms with Gasteiger partial charge in [-0.25, -0.2) is 0 Å². The molecule has 0 N–H and O–H groups in total. The molecule has 1 saturated heterocycles. The SMILES string of the molecule is CN1CCSC1C=S.I. The summed E-state index contributed by atoms with van der Waals surface area (Å²) in [6, 6.07) is 0. The van der Waals surface area contributed by atoms with Crippen LogP contribution in [0.3, 0.4) is 0 Å². The van der Waals surface area contributed by atoms with Gasteiger partial charge in [-0.2, -0.15) is 0 Å². The Labute approximate surface area is 82.6 Å². The molecule has 1 rings (SSSR count). The fourth-order valence-corrected chi connectivity index (χ4v) is 2.23. The molecule has 1 fully saturated rings. The minimum atomic E-state index is 0. The molecule has 0 saturated carbocycles. The quantitative estimate of drug-likeness (QED) is 0.529. The zero-order valence-corrected chi connectivity index (χ0v) is 9.20. The first-order chi connectivity index (χ1) is 3.84. The van der Waals surface area contributed by atoms with E-state index in [1.807, 2.05) is 17.1 Å². The Morgan fingerprint density at radius 1 is 1.78 bits per heavy atom. The summed E-state index contributed by atoms with van der Waals surface area (Å²) in [4.78, 5) is 2.26. The van der Waals surface area contributed by atoms with E-state index in [0.717, 1.165) is 0 Å². The first-order valence-corrected chi connectivity index (χ1v) is 4.14. The minimum Gasteiger partial charge on any atom is -0.290 e. The lowest BCUT2D eigenvalue weighted by Crippen LogP contribution is -2.23. The molecular formula is C5H10INS2. The Balaban J connectivity index is 0.000000640. The van der Waals surface area contributed by atoms with E-state index < -0.39 is 0 Å². The van der Waals surface area contributed by atoms with Gasteiger partial charge in [0.2, 0.25) is 0 Å². The molecule has 1 nitrogen and oxygen atoms in total. The van der Waals surface area contributed by atoms with Crippen molar-refractivity contribution in [1.29, 1.82) is 0 Å². The van der Waals surface area contributed by atoms with Crippen molar-refractivity contribution in [3.63, 3.8) is 0 Å². The molecule has 0 spiro atoms. The van der Waals surface area contributed by atoms with Gasteiger partial charge in [0.1, 0.15) is 0 Å². The third kappa shape index (κ3) is 2.69. The average molecular weight is 275 g/mol. The van der Waals surface area contributed by atoms with Crippen LogP contribution in [0.2, 0.25) is 0 Å². The number of hydrogen-bond acceptors (Lipinski definition) is 3. The number of thiocarbonyl (C=S) groups is 1. The van der Waals surface area contributed by atoms with E-state index in [4.69, 9.17) is 12.2 Å². The van der Waals surface area contributed by atoms with Gasteiger partial charge in [-0.1, -0.05) is 12.2 Å². The second-order valence-electron chi connectivity index (χ2n) is 1.88. The van der Waals surface area contributed by atoms with Crippen molar-refractivity contribution in [2.75, 3.05) is 19.3 Å². The third-order valence-corrected chi connectivity index (χ3v) is 2.97. The van der Waals surface area contributed by atoms with Gasteiger partial charge in [0, 0.05) is 17.7 Å². The number of rotatable bonds is 1. The van der Waals surface area contributed by atoms with E-state index in [1.54, 1.807) is 0 Å². The van der Waals surface area contributed by atoms with Crippen LogP contribution >= 0.6 is 48.0 Å². The van der Waals surface area contributed by atoms with Gasteiger partial charge in [0.05, 0.1) is 5.37 Å². The molecule has 0 radical (unpaired) electrons. The molecule has 1 unspecified atom stereocenters. The maximum absolute atomic E-state index is 4.80. The van der Waals surface area contributed by atoms with Crippen LogP contribution in [-0.2, 0) is 0 Å². The van der Waals surface area contributed by atoms with Crippen LogP contribution in [0.15, 0.2) is 0 Å². The van der Waals surface area contributed by atoms with Crippen molar-refractivity contribution < 1.29 is 0 Å². The van der Waals surface area contributed by atoms with E-state index in [-0.39, 0.29) is 24.0 Å². The van der Waals surface area contributed by atoms with E-state index in [0.29, 0.717) is 5.37 Å². The van der Waals surface area contributed by atoms with Crippen LogP contribution in [-0.4, -0.2) is 35.0 Å². The van der Waals surface area contributed by atoms with Gasteiger partial charge in [-0.15, -0.1) is 35.7 Å². The molecule has 0 bridgehead atoms. The zero-order chi connectivity index (χ0) is 5.98. The van der Waals surface area contributed by atoms with Crippen molar-refractivity contribution in [2.45, 2.75) is 5.37 Å². The first kappa shape index (κ1) is 10.1. The van der Waals surface area contributed by atoms with Gasteiger partial charge < -0.3 is 0 Å². The van der Waals surface area contributed by atoms with Crippen LogP contribution in [0.25, 0.3) is 0 Å². The van der Waals surface area contributed by atoms with Gasteiger partial charge in [-0.3, -0.25) is 4.90 Å². The molecule has 1 heterocycles. The third-order valence-electron chi connectivity index (χ3n) is 1.28. The summed E-state index contributed by atoms with van der Waals surface area (Å²) in [5.41, 5.74) is 0. The van der Waals surface area contributed by atoms with Gasteiger partial charge in [-0.05, 0) is 7.05 Å². The zero-order valence-electron chi connectivity index (χ0n) is 5.24. The predicted molar refractivity (Wildman–Crippen MR) is 57.9 cm³/mol. The first-order valence-electron chi connectivity index (χ1n) is 2.62. The fourth-order valence-electron chi connectivity index (χ4n) is 0.715. The minimum absolute atomic E-state index is 0. The summed E-state index contributed by atoms with van der Waals surface area (Å²) < 4.78 is 0. The summed E-state index contributed by atoms with van der Waals surface area (Å²) in [6.07, 6.45) is 0. The summed E-state index contributed by atoms with van der Waals surface area (Å²) in [7, 11) is 2.10. The number of thioether (sulfide) groups is 1. The van der Waals surface area contributed by atoms with Crippen LogP contribution < -0.4 is 0 Å². The highest BCUT2D eigenvalue weighted by Gasteiger charge is 2.17. The Hall–Kier alpha value is 1.13. The summed E-state index contributed by atoms with van der Waals surface area (Å²) in [5, 5.41) is 2.34. The van der Waals surface area contributed by atoms with Crippen molar-refractivity contribution in [1.82, 2.24) is 4.90 Å². The number of nitrogens with zero attached hydrogens (tertiary/aromatic N) is 1. The second kappa shape index (κ2) is 4.87. The van der Waals surface area contributed by atoms with E-state index >= 15 is 0 Å². The van der Waals surface area contributed by atoms with Crippen LogP contribution in [0.1, 0.15) is 0 Å². The van der Waals surface area contributed by atoms with Crippen LogP contribution in [0.4, 0.5) is 0 Å². The molecule has 4 heteroatoms. The van der Waals surface area contributed by atoms with Crippen LogP contribution in [0, 0.1) is 0 Å². The smallest absolute Gasteiger partial charge is 0.0845 e. The van der Waals surface area contributed by atoms with Gasteiger partial charge in [0.25, 0.3) is 0 Å². The van der Waals surface area contributed by atoms with Gasteiger partial charge >= 0.3 is 0 Å². The van der Waals surface area contributed by atoms with Crippen LogP contribution in [0.5, 0.6) is 0 Å². The molecular weight excluding hydrogens is 265 g/mol. The number of halogens is 1. The lowest BCUT2D eigenvalue weighted by atomic mass is 10.6. The largest absolute Gasteiger partial charge is 0.290 e. The molecule has 1 atom stereocenters. The monoisotopic (exact) mass is 275 g/mol. The highest BCUT2D eigenvalue weighted by molar-refractivity contribution is 14.0. The maximum Gasteiger partial charge on any atom is 0.0845 e. The van der Waals surface area contributed by atoms with E-state index in [2.05, 4.69) is 11.9 Å². The molecule has 0 aromatic carbocycles. The molecule has 1 aliphatic heterocycles. The summed E-state index contributed by atoms with van der Waals surface area (Å²) in [6.45, 7) is 1.18. The lowest BCUT2D eigenvalue weighted by molar-refractivity contribution is 0.407. The Morgan fingerprint density at radius 2 is 2.44 bits per heavy atom. The van der Waals surface area contributed by atoms with Crippen molar-refractivity contribution >= 4 is 53.3 Å². The highest BCUT2D eigenvalue weighted by Crippen LogP contribution is 2.19. The van der Waals surface area contributed by atoms with E-state index in [9.17, 15) is 0 Å². The highest BCUT2D eigenvalue weighted by atomic mass is 127. The van der Waals surface area contributed by atoms with Crippen molar-refractivity contribution in [3.05, 3.63) is 0 Å². The maximum atomic E-state index is 4.80. The lowest BCUT2D eigenvalue weighted by Gasteiger charge is -2.11. The molecule has 9 heavy (non-hydrogen) atoms. The molecule has 1 aliphatic rings. The molecule has 0 aliphatic carbocycles. The fraction of sp³-hybridized carbons (Fsp3) is 0.800. The normalized spacial score (nSPS) is 27.4. The van der Waals surface area contributed by atoms with Crippen molar-refractivity contribution in [3.8, 4) is 0 Å². The molecule has 0 amide bonds. The molecule has 0 aromatic heterocycles. The Bertz CT molecular complexity index is 99.0.